The second-order valence-corrected chi connectivity index (χ2v) is 10.5. The van der Waals surface area contributed by atoms with Crippen LogP contribution in [0.4, 0.5) is 0 Å². The first-order chi connectivity index (χ1) is 15.7. The zero-order chi connectivity index (χ0) is 21.9. The van der Waals surface area contributed by atoms with Gasteiger partial charge in [0.15, 0.2) is 0 Å². The van der Waals surface area contributed by atoms with Gasteiger partial charge in [-0.15, -0.1) is 11.3 Å². The minimum Gasteiger partial charge on any atom is -0.342 e. The number of aryl methyl sites for hydroxylation is 2. The van der Waals surface area contributed by atoms with Crippen molar-refractivity contribution in [2.24, 2.45) is 5.92 Å². The van der Waals surface area contributed by atoms with Crippen LogP contribution in [-0.4, -0.2) is 50.8 Å². The van der Waals surface area contributed by atoms with Gasteiger partial charge in [0.25, 0.3) is 0 Å². The number of nitrogens with zero attached hydrogens (tertiary/aromatic N) is 4. The van der Waals surface area contributed by atoms with Crippen molar-refractivity contribution in [3.63, 3.8) is 0 Å². The molecule has 0 saturated carbocycles. The summed E-state index contributed by atoms with van der Waals surface area (Å²) in [5.41, 5.74) is 1.37. The average molecular weight is 469 g/mol. The van der Waals surface area contributed by atoms with Crippen LogP contribution in [0.25, 0.3) is 0 Å². The fourth-order valence-electron chi connectivity index (χ4n) is 4.85. The Morgan fingerprint density at radius 2 is 2.06 bits per heavy atom. The molecule has 2 amide bonds. The molecule has 1 unspecified atom stereocenters. The first-order valence-corrected chi connectivity index (χ1v) is 13.1. The molecule has 5 heterocycles. The minimum absolute atomic E-state index is 0.0966. The van der Waals surface area contributed by atoms with E-state index in [-0.39, 0.29) is 17.7 Å². The van der Waals surface area contributed by atoms with E-state index in [0.717, 1.165) is 44.7 Å². The van der Waals surface area contributed by atoms with E-state index < -0.39 is 0 Å². The van der Waals surface area contributed by atoms with Crippen molar-refractivity contribution in [2.75, 3.05) is 19.6 Å². The van der Waals surface area contributed by atoms with Gasteiger partial charge in [0.2, 0.25) is 11.8 Å². The Hall–Kier alpha value is -2.45. The summed E-state index contributed by atoms with van der Waals surface area (Å²) in [4.78, 5) is 35.2. The van der Waals surface area contributed by atoms with Crippen molar-refractivity contribution in [2.45, 2.75) is 44.7 Å². The second kappa shape index (κ2) is 9.58. The molecule has 2 aliphatic heterocycles. The number of piperidine rings is 1. The van der Waals surface area contributed by atoms with Crippen molar-refractivity contribution in [1.82, 2.24) is 19.4 Å². The highest BCUT2D eigenvalue weighted by Gasteiger charge is 2.38. The maximum absolute atomic E-state index is 13.1. The van der Waals surface area contributed by atoms with E-state index >= 15 is 0 Å². The molecule has 5 rings (SSSR count). The number of amides is 2. The van der Waals surface area contributed by atoms with Crippen molar-refractivity contribution in [1.29, 1.82) is 0 Å². The minimum atomic E-state index is -0.202. The van der Waals surface area contributed by atoms with Crippen molar-refractivity contribution >= 4 is 34.5 Å². The van der Waals surface area contributed by atoms with Crippen LogP contribution >= 0.6 is 22.7 Å². The highest BCUT2D eigenvalue weighted by atomic mass is 32.1. The van der Waals surface area contributed by atoms with Gasteiger partial charge in [0.1, 0.15) is 5.82 Å². The quantitative estimate of drug-likeness (QED) is 0.527. The maximum Gasteiger partial charge on any atom is 0.227 e. The summed E-state index contributed by atoms with van der Waals surface area (Å²) < 4.78 is 2.28. The molecule has 1 atom stereocenters. The fraction of sp³-hybridized carbons (Fsp3) is 0.458. The molecule has 2 fully saturated rings. The molecule has 3 aromatic heterocycles. The van der Waals surface area contributed by atoms with Gasteiger partial charge in [0.05, 0.1) is 12.5 Å². The van der Waals surface area contributed by atoms with Gasteiger partial charge in [-0.3, -0.25) is 9.59 Å². The topological polar surface area (TPSA) is 58.4 Å². The van der Waals surface area contributed by atoms with Crippen molar-refractivity contribution in [3.05, 3.63) is 63.0 Å². The van der Waals surface area contributed by atoms with Gasteiger partial charge < -0.3 is 14.4 Å². The molecule has 2 aliphatic rings. The van der Waals surface area contributed by atoms with E-state index in [1.54, 1.807) is 22.7 Å². The number of likely N-dealkylation sites (tertiary alicyclic amines) is 2. The molecule has 8 heteroatoms. The molecular weight excluding hydrogens is 440 g/mol. The summed E-state index contributed by atoms with van der Waals surface area (Å²) in [5, 5.41) is 6.35. The van der Waals surface area contributed by atoms with E-state index in [4.69, 9.17) is 0 Å². The highest BCUT2D eigenvalue weighted by molar-refractivity contribution is 7.09. The Morgan fingerprint density at radius 1 is 1.19 bits per heavy atom. The third-order valence-electron chi connectivity index (χ3n) is 6.63. The number of carbonyl (C=O) groups excluding carboxylic acids is 2. The summed E-state index contributed by atoms with van der Waals surface area (Å²) >= 11 is 3.39. The van der Waals surface area contributed by atoms with Gasteiger partial charge in [-0.2, -0.15) is 11.3 Å². The maximum atomic E-state index is 13.1. The summed E-state index contributed by atoms with van der Waals surface area (Å²) in [6.07, 6.45) is 7.19. The number of rotatable bonds is 7. The number of hydrogen-bond acceptors (Lipinski definition) is 5. The van der Waals surface area contributed by atoms with Crippen LogP contribution in [0.1, 0.15) is 41.4 Å². The first-order valence-electron chi connectivity index (χ1n) is 11.3. The number of aromatic nitrogens is 2. The molecule has 0 spiro atoms. The van der Waals surface area contributed by atoms with Crippen LogP contribution in [0.15, 0.2) is 46.7 Å². The van der Waals surface area contributed by atoms with Crippen LogP contribution in [0.2, 0.25) is 0 Å². The summed E-state index contributed by atoms with van der Waals surface area (Å²) in [6, 6.07) is 6.23. The molecular formula is C24H28N4O2S2. The summed E-state index contributed by atoms with van der Waals surface area (Å²) in [7, 11) is 0. The first kappa shape index (κ1) is 21.4. The van der Waals surface area contributed by atoms with Crippen LogP contribution in [0, 0.1) is 5.92 Å². The molecule has 0 radical (unpaired) electrons. The van der Waals surface area contributed by atoms with E-state index in [0.29, 0.717) is 25.4 Å². The van der Waals surface area contributed by atoms with Crippen molar-refractivity contribution < 1.29 is 9.59 Å². The molecule has 32 heavy (non-hydrogen) atoms. The lowest BCUT2D eigenvalue weighted by atomic mass is 9.94. The molecule has 2 saturated heterocycles. The molecule has 6 nitrogen and oxygen atoms in total. The molecule has 3 aromatic rings. The van der Waals surface area contributed by atoms with Crippen LogP contribution in [-0.2, 0) is 29.1 Å². The smallest absolute Gasteiger partial charge is 0.227 e. The Labute approximate surface area is 196 Å². The monoisotopic (exact) mass is 468 g/mol. The third-order valence-corrected chi connectivity index (χ3v) is 8.22. The normalized spacial score (nSPS) is 19.8. The molecule has 0 bridgehead atoms. The Kier molecular flexibility index (Phi) is 6.41. The SMILES string of the molecule is O=C1CC(C(=O)N2CCC(c3nccn3CCc3ccsc3)CC2)CN1Cc1cccs1. The summed E-state index contributed by atoms with van der Waals surface area (Å²) in [5.74, 6) is 1.57. The largest absolute Gasteiger partial charge is 0.342 e. The number of imidazole rings is 1. The second-order valence-electron chi connectivity index (χ2n) is 8.71. The van der Waals surface area contributed by atoms with Gasteiger partial charge in [-0.25, -0.2) is 4.98 Å². The molecule has 0 aliphatic carbocycles. The predicted molar refractivity (Wildman–Crippen MR) is 127 cm³/mol. The molecule has 0 aromatic carbocycles. The zero-order valence-corrected chi connectivity index (χ0v) is 19.7. The summed E-state index contributed by atoms with van der Waals surface area (Å²) in [6.45, 7) is 3.60. The van der Waals surface area contributed by atoms with Crippen LogP contribution in [0.5, 0.6) is 0 Å². The number of thiophene rings is 2. The standard InChI is InChI=1S/C24H28N4O2S2/c29-22-14-20(15-28(22)16-21-2-1-12-32-21)24(30)27-9-4-19(5-10-27)23-25-7-11-26(23)8-3-18-6-13-31-17-18/h1-2,6-7,11-13,17,19-20H,3-5,8-10,14-16H2. The fourth-order valence-corrected chi connectivity index (χ4v) is 6.27. The molecule has 168 valence electrons. The molecule has 0 N–H and O–H groups in total. The Balaban J connectivity index is 1.14. The van der Waals surface area contributed by atoms with Gasteiger partial charge >= 0.3 is 0 Å². The van der Waals surface area contributed by atoms with E-state index in [1.807, 2.05) is 33.5 Å². The lowest BCUT2D eigenvalue weighted by molar-refractivity contribution is -0.136. The van der Waals surface area contributed by atoms with E-state index in [2.05, 4.69) is 32.6 Å². The zero-order valence-electron chi connectivity index (χ0n) is 18.1. The van der Waals surface area contributed by atoms with E-state index in [9.17, 15) is 9.59 Å². The lowest BCUT2D eigenvalue weighted by Gasteiger charge is -2.33. The predicted octanol–water partition coefficient (Wildman–Crippen LogP) is 4.00. The van der Waals surface area contributed by atoms with Gasteiger partial charge in [-0.05, 0) is 53.1 Å². The lowest BCUT2D eigenvalue weighted by Crippen LogP contribution is -2.42. The van der Waals surface area contributed by atoms with Crippen molar-refractivity contribution in [3.8, 4) is 0 Å². The van der Waals surface area contributed by atoms with Crippen LogP contribution < -0.4 is 0 Å². The van der Waals surface area contributed by atoms with Gasteiger partial charge in [-0.1, -0.05) is 6.07 Å². The third kappa shape index (κ3) is 4.66. The van der Waals surface area contributed by atoms with E-state index in [1.165, 1.54) is 10.4 Å². The van der Waals surface area contributed by atoms with Crippen LogP contribution in [0.3, 0.4) is 0 Å². The average Bonchev–Trinajstić information content (AvgIpc) is 3.61. The highest BCUT2D eigenvalue weighted by Crippen LogP contribution is 2.30. The Bertz CT molecular complexity index is 1040. The number of carbonyl (C=O) groups is 2. The Morgan fingerprint density at radius 3 is 2.81 bits per heavy atom. The number of hydrogen-bond donors (Lipinski definition) is 0. The van der Waals surface area contributed by atoms with Gasteiger partial charge in [0, 0.05) is 55.8 Å².